The van der Waals surface area contributed by atoms with Gasteiger partial charge >= 0.3 is 0 Å². The van der Waals surface area contributed by atoms with Crippen molar-refractivity contribution in [2.75, 3.05) is 24.7 Å². The third kappa shape index (κ3) is 28.3. The van der Waals surface area contributed by atoms with Gasteiger partial charge in [-0.2, -0.15) is 11.8 Å². The van der Waals surface area contributed by atoms with Crippen LogP contribution in [0.2, 0.25) is 0 Å². The van der Waals surface area contributed by atoms with Gasteiger partial charge in [0, 0.05) is 6.61 Å². The third-order valence-electron chi connectivity index (χ3n) is 5.76. The minimum atomic E-state index is 0.850. The van der Waals surface area contributed by atoms with Gasteiger partial charge in [0.1, 0.15) is 0 Å². The lowest BCUT2D eigenvalue weighted by Crippen LogP contribution is -1.99. The first kappa shape index (κ1) is 29.3. The van der Waals surface area contributed by atoms with E-state index >= 15 is 0 Å². The topological polar surface area (TPSA) is 9.23 Å². The summed E-state index contributed by atoms with van der Waals surface area (Å²) < 4.78 is 5.74. The van der Waals surface area contributed by atoms with E-state index in [9.17, 15) is 0 Å². The molecule has 0 aliphatic rings. The Kier molecular flexibility index (Phi) is 28.6. The minimum absolute atomic E-state index is 0.850. The molecule has 1 nitrogen and oxygen atoms in total. The molecule has 0 aliphatic heterocycles. The maximum Gasteiger partial charge on any atom is 0.0505 e. The molecule has 0 aromatic carbocycles. The molecule has 0 saturated heterocycles. The highest BCUT2D eigenvalue weighted by Gasteiger charge is 1.96. The predicted molar refractivity (Wildman–Crippen MR) is 136 cm³/mol. The summed E-state index contributed by atoms with van der Waals surface area (Å²) in [7, 11) is 0. The first-order valence-electron chi connectivity index (χ1n) is 13.4. The fourth-order valence-electron chi connectivity index (χ4n) is 3.76. The average molecular weight is 428 g/mol. The quantitative estimate of drug-likeness (QED) is 0.127. The van der Waals surface area contributed by atoms with Crippen molar-refractivity contribution in [3.05, 3.63) is 6.42 Å². The van der Waals surface area contributed by atoms with E-state index in [2.05, 4.69) is 32.0 Å². The Labute approximate surface area is 189 Å². The molecule has 0 saturated carbocycles. The first-order valence-corrected chi connectivity index (χ1v) is 14.5. The summed E-state index contributed by atoms with van der Waals surface area (Å²) >= 11 is 2.08. The minimum Gasteiger partial charge on any atom is -0.381 e. The lowest BCUT2D eigenvalue weighted by Gasteiger charge is -2.05. The van der Waals surface area contributed by atoms with Crippen molar-refractivity contribution in [3.63, 3.8) is 0 Å². The van der Waals surface area contributed by atoms with Gasteiger partial charge in [0.15, 0.2) is 0 Å². The second-order valence-corrected chi connectivity index (χ2v) is 9.95. The van der Waals surface area contributed by atoms with E-state index in [0.29, 0.717) is 0 Å². The van der Waals surface area contributed by atoms with Crippen molar-refractivity contribution in [1.29, 1.82) is 0 Å². The Balaban J connectivity index is 2.97. The second-order valence-electron chi connectivity index (χ2n) is 8.80. The smallest absolute Gasteiger partial charge is 0.0505 e. The zero-order valence-electron chi connectivity index (χ0n) is 20.4. The van der Waals surface area contributed by atoms with Gasteiger partial charge in [0.05, 0.1) is 6.61 Å². The van der Waals surface area contributed by atoms with Crippen LogP contribution >= 0.6 is 11.8 Å². The van der Waals surface area contributed by atoms with Crippen molar-refractivity contribution in [3.8, 4) is 0 Å². The van der Waals surface area contributed by atoms with E-state index in [0.717, 1.165) is 19.0 Å². The van der Waals surface area contributed by atoms with E-state index in [1.807, 2.05) is 0 Å². The third-order valence-corrected chi connectivity index (χ3v) is 6.80. The normalized spacial score (nSPS) is 11.4. The Bertz CT molecular complexity index is 243. The fraction of sp³-hybridized carbons (Fsp3) is 0.963. The molecule has 29 heavy (non-hydrogen) atoms. The van der Waals surface area contributed by atoms with Crippen molar-refractivity contribution in [1.82, 2.24) is 0 Å². The second kappa shape index (κ2) is 28.3. The maximum absolute atomic E-state index is 5.74. The number of hydrogen-bond donors (Lipinski definition) is 0. The van der Waals surface area contributed by atoms with Crippen LogP contribution in [-0.4, -0.2) is 24.7 Å². The van der Waals surface area contributed by atoms with Gasteiger partial charge in [-0.3, -0.25) is 0 Å². The number of unbranched alkanes of at least 4 members (excludes halogenated alkanes) is 18. The van der Waals surface area contributed by atoms with E-state index < -0.39 is 0 Å². The summed E-state index contributed by atoms with van der Waals surface area (Å²) in [6.45, 7) is 6.39. The van der Waals surface area contributed by atoms with Crippen LogP contribution in [0.3, 0.4) is 0 Å². The summed E-state index contributed by atoms with van der Waals surface area (Å²) in [5, 5.41) is 0. The van der Waals surface area contributed by atoms with Crippen LogP contribution in [0.15, 0.2) is 0 Å². The summed E-state index contributed by atoms with van der Waals surface area (Å²) in [6.07, 6.45) is 30.6. The highest BCUT2D eigenvalue weighted by atomic mass is 32.2. The standard InChI is InChI=1S/C27H55OS/c1-3-5-7-9-11-13-15-17-19-21-24-28-25-23-27-29-26-22-20-18-16-14-12-10-8-6-4-2/h23H,3-22,24-27H2,1-2H3. The number of hydrogen-bond acceptors (Lipinski definition) is 2. The molecule has 2 heteroatoms. The fourth-order valence-corrected chi connectivity index (χ4v) is 4.60. The number of rotatable bonds is 26. The molecular weight excluding hydrogens is 372 g/mol. The van der Waals surface area contributed by atoms with Crippen LogP contribution in [0.5, 0.6) is 0 Å². The van der Waals surface area contributed by atoms with Crippen molar-refractivity contribution in [2.45, 2.75) is 142 Å². The van der Waals surface area contributed by atoms with Crippen molar-refractivity contribution >= 4 is 11.8 Å². The van der Waals surface area contributed by atoms with Gasteiger partial charge < -0.3 is 4.74 Å². The van der Waals surface area contributed by atoms with Gasteiger partial charge in [-0.15, -0.1) is 0 Å². The molecule has 0 amide bonds. The van der Waals surface area contributed by atoms with Crippen LogP contribution in [0.1, 0.15) is 142 Å². The highest BCUT2D eigenvalue weighted by molar-refractivity contribution is 7.99. The van der Waals surface area contributed by atoms with Crippen LogP contribution in [0, 0.1) is 6.42 Å². The molecule has 0 atom stereocenters. The molecule has 0 bridgehead atoms. The Hall–Kier alpha value is 0.310. The Morgan fingerprint density at radius 3 is 1.41 bits per heavy atom. The zero-order valence-corrected chi connectivity index (χ0v) is 21.2. The number of thioether (sulfide) groups is 1. The van der Waals surface area contributed by atoms with Crippen molar-refractivity contribution in [2.24, 2.45) is 0 Å². The van der Waals surface area contributed by atoms with Gasteiger partial charge in [0.2, 0.25) is 0 Å². The van der Waals surface area contributed by atoms with Gasteiger partial charge in [0.25, 0.3) is 0 Å². The molecule has 0 spiro atoms. The molecule has 175 valence electrons. The molecule has 0 rings (SSSR count). The molecular formula is C27H55OS. The molecule has 0 fully saturated rings. The van der Waals surface area contributed by atoms with E-state index in [4.69, 9.17) is 4.74 Å². The highest BCUT2D eigenvalue weighted by Crippen LogP contribution is 2.13. The monoisotopic (exact) mass is 427 g/mol. The molecule has 0 aliphatic carbocycles. The van der Waals surface area contributed by atoms with Gasteiger partial charge in [-0.25, -0.2) is 0 Å². The molecule has 1 radical (unpaired) electrons. The van der Waals surface area contributed by atoms with Gasteiger partial charge in [-0.1, -0.05) is 129 Å². The van der Waals surface area contributed by atoms with Gasteiger partial charge in [-0.05, 0) is 30.8 Å². The van der Waals surface area contributed by atoms with Crippen molar-refractivity contribution < 1.29 is 4.74 Å². The molecule has 0 aromatic heterocycles. The molecule has 0 unspecified atom stereocenters. The van der Waals surface area contributed by atoms with E-state index in [-0.39, 0.29) is 0 Å². The SMILES string of the molecule is CCCCCCCCCCCCOC[CH]CSCCCCCCCCCCCC. The maximum atomic E-state index is 5.74. The number of ether oxygens (including phenoxy) is 1. The Morgan fingerprint density at radius 2 is 0.931 bits per heavy atom. The lowest BCUT2D eigenvalue weighted by atomic mass is 10.1. The van der Waals surface area contributed by atoms with Crippen LogP contribution in [0.25, 0.3) is 0 Å². The summed E-state index contributed by atoms with van der Waals surface area (Å²) in [5.74, 6) is 2.49. The average Bonchev–Trinajstić information content (AvgIpc) is 2.74. The molecule has 0 heterocycles. The lowest BCUT2D eigenvalue weighted by molar-refractivity contribution is 0.149. The van der Waals surface area contributed by atoms with E-state index in [1.165, 1.54) is 134 Å². The molecule has 0 aromatic rings. The summed E-state index contributed by atoms with van der Waals surface area (Å²) in [5.41, 5.74) is 0. The van der Waals surface area contributed by atoms with E-state index in [1.54, 1.807) is 0 Å². The Morgan fingerprint density at radius 1 is 0.517 bits per heavy atom. The predicted octanol–water partition coefficient (Wildman–Crippen LogP) is 9.78. The molecule has 0 N–H and O–H groups in total. The van der Waals surface area contributed by atoms with Crippen LogP contribution < -0.4 is 0 Å². The first-order chi connectivity index (χ1) is 14.4. The summed E-state index contributed by atoms with van der Waals surface area (Å²) in [6, 6.07) is 0. The zero-order chi connectivity index (χ0) is 21.1. The largest absolute Gasteiger partial charge is 0.381 e. The van der Waals surface area contributed by atoms with Crippen LogP contribution in [0.4, 0.5) is 0 Å². The summed E-state index contributed by atoms with van der Waals surface area (Å²) in [4.78, 5) is 0. The van der Waals surface area contributed by atoms with Crippen LogP contribution in [-0.2, 0) is 4.74 Å².